The predicted molar refractivity (Wildman–Crippen MR) is 108 cm³/mol. The molecule has 4 heterocycles. The summed E-state index contributed by atoms with van der Waals surface area (Å²) in [6.45, 7) is 7.33. The van der Waals surface area contributed by atoms with Gasteiger partial charge in [0.1, 0.15) is 18.4 Å². The number of amidine groups is 1. The Kier molecular flexibility index (Phi) is 4.08. The van der Waals surface area contributed by atoms with Gasteiger partial charge in [-0.2, -0.15) is 5.10 Å². The number of anilines is 1. The summed E-state index contributed by atoms with van der Waals surface area (Å²) in [7, 11) is 0. The molecule has 3 aliphatic rings. The molecule has 0 spiro atoms. The van der Waals surface area contributed by atoms with Crippen LogP contribution >= 0.6 is 12.4 Å². The van der Waals surface area contributed by atoms with E-state index in [-0.39, 0.29) is 35.8 Å². The molecule has 1 aromatic carbocycles. The highest BCUT2D eigenvalue weighted by atomic mass is 35.5. The number of fused-ring (bicyclic) bond motifs is 4. The molecule has 0 bridgehead atoms. The van der Waals surface area contributed by atoms with Gasteiger partial charge in [-0.25, -0.2) is 5.43 Å². The van der Waals surface area contributed by atoms with Gasteiger partial charge in [0, 0.05) is 31.6 Å². The zero-order valence-corrected chi connectivity index (χ0v) is 16.7. The van der Waals surface area contributed by atoms with E-state index in [9.17, 15) is 9.59 Å². The van der Waals surface area contributed by atoms with E-state index in [2.05, 4.69) is 40.3 Å². The SMILES string of the molecule is CC(=O)N1CC(C)(n2ccc3cc4c(cc32)N2C(=NNC(=O)[C@H]2C)CO4)C1.Cl. The summed E-state index contributed by atoms with van der Waals surface area (Å²) in [5.74, 6) is 1.42. The van der Waals surface area contributed by atoms with Gasteiger partial charge in [0.05, 0.1) is 16.7 Å². The number of carbonyl (C=O) groups excluding carboxylic acids is 2. The van der Waals surface area contributed by atoms with E-state index in [0.717, 1.165) is 22.3 Å². The third-order valence-electron chi connectivity index (χ3n) is 5.82. The van der Waals surface area contributed by atoms with Crippen LogP contribution in [0, 0.1) is 0 Å². The number of hydrazone groups is 1. The lowest BCUT2D eigenvalue weighted by atomic mass is 9.91. The molecular weight excluding hydrogens is 382 g/mol. The minimum absolute atomic E-state index is 0. The van der Waals surface area contributed by atoms with Gasteiger partial charge in [0.2, 0.25) is 5.91 Å². The number of halogens is 1. The van der Waals surface area contributed by atoms with E-state index >= 15 is 0 Å². The number of benzene rings is 1. The van der Waals surface area contributed by atoms with E-state index in [1.54, 1.807) is 6.92 Å². The number of hydrogen-bond donors (Lipinski definition) is 1. The van der Waals surface area contributed by atoms with Crippen LogP contribution in [0.25, 0.3) is 10.9 Å². The van der Waals surface area contributed by atoms with Crippen molar-refractivity contribution in [3.8, 4) is 5.75 Å². The first-order valence-corrected chi connectivity index (χ1v) is 9.07. The number of carbonyl (C=O) groups is 2. The van der Waals surface area contributed by atoms with Crippen LogP contribution in [-0.2, 0) is 15.1 Å². The fourth-order valence-corrected chi connectivity index (χ4v) is 4.28. The molecule has 0 saturated carbocycles. The average Bonchev–Trinajstić information content (AvgIpc) is 3.03. The summed E-state index contributed by atoms with van der Waals surface area (Å²) in [5.41, 5.74) is 4.31. The first-order chi connectivity index (χ1) is 12.9. The molecule has 2 aromatic rings. The summed E-state index contributed by atoms with van der Waals surface area (Å²) in [6.07, 6.45) is 2.06. The molecule has 28 heavy (non-hydrogen) atoms. The largest absolute Gasteiger partial charge is 0.483 e. The van der Waals surface area contributed by atoms with Gasteiger partial charge in [0.25, 0.3) is 5.91 Å². The molecule has 1 aromatic heterocycles. The monoisotopic (exact) mass is 403 g/mol. The van der Waals surface area contributed by atoms with Crippen LogP contribution in [0.5, 0.6) is 5.75 Å². The summed E-state index contributed by atoms with van der Waals surface area (Å²) >= 11 is 0. The molecule has 0 radical (unpaired) electrons. The van der Waals surface area contributed by atoms with Gasteiger partial charge in [0.15, 0.2) is 5.84 Å². The molecule has 9 heteroatoms. The summed E-state index contributed by atoms with van der Waals surface area (Å²) < 4.78 is 8.11. The van der Waals surface area contributed by atoms with Crippen LogP contribution in [0.15, 0.2) is 29.5 Å². The van der Waals surface area contributed by atoms with Gasteiger partial charge >= 0.3 is 0 Å². The minimum Gasteiger partial charge on any atom is -0.483 e. The first-order valence-electron chi connectivity index (χ1n) is 9.07. The highest BCUT2D eigenvalue weighted by molar-refractivity contribution is 6.10. The van der Waals surface area contributed by atoms with Gasteiger partial charge in [-0.05, 0) is 32.0 Å². The number of likely N-dealkylation sites (tertiary alicyclic amines) is 1. The Bertz CT molecular complexity index is 1020. The summed E-state index contributed by atoms with van der Waals surface area (Å²) in [6, 6.07) is 5.79. The van der Waals surface area contributed by atoms with Crippen LogP contribution in [-0.4, -0.2) is 52.9 Å². The van der Waals surface area contributed by atoms with Crippen molar-refractivity contribution in [2.75, 3.05) is 24.6 Å². The minimum atomic E-state index is -0.353. The van der Waals surface area contributed by atoms with Crippen molar-refractivity contribution in [2.45, 2.75) is 32.4 Å². The fraction of sp³-hybridized carbons (Fsp3) is 0.421. The number of rotatable bonds is 1. The highest BCUT2D eigenvalue weighted by Gasteiger charge is 2.42. The van der Waals surface area contributed by atoms with E-state index in [1.807, 2.05) is 22.8 Å². The van der Waals surface area contributed by atoms with Crippen molar-refractivity contribution in [1.82, 2.24) is 14.9 Å². The lowest BCUT2D eigenvalue weighted by Crippen LogP contribution is -2.61. The molecule has 1 saturated heterocycles. The van der Waals surface area contributed by atoms with Crippen LogP contribution in [0.3, 0.4) is 0 Å². The Labute approximate surface area is 168 Å². The second-order valence-corrected chi connectivity index (χ2v) is 7.78. The standard InChI is InChI=1S/C19H21N5O3.ClH/c1-11-18(26)21-20-17-8-27-16-6-13-4-5-23(14(13)7-15(16)24(11)17)19(3)9-22(10-19)12(2)25;/h4-7,11H,8-10H2,1-3H3,(H,21,26);1H/t11-;/m1./s1. The van der Waals surface area contributed by atoms with Crippen molar-refractivity contribution in [3.63, 3.8) is 0 Å². The Morgan fingerprint density at radius 2 is 2.11 bits per heavy atom. The fourth-order valence-electron chi connectivity index (χ4n) is 4.28. The van der Waals surface area contributed by atoms with Gasteiger partial charge in [-0.1, -0.05) is 0 Å². The zero-order chi connectivity index (χ0) is 18.9. The number of ether oxygens (including phenoxy) is 1. The number of nitrogens with one attached hydrogen (secondary N) is 1. The second-order valence-electron chi connectivity index (χ2n) is 7.78. The van der Waals surface area contributed by atoms with Crippen molar-refractivity contribution >= 4 is 46.6 Å². The molecule has 0 aliphatic carbocycles. The molecule has 1 N–H and O–H groups in total. The van der Waals surface area contributed by atoms with Crippen molar-refractivity contribution in [1.29, 1.82) is 0 Å². The molecule has 148 valence electrons. The molecule has 1 atom stereocenters. The molecule has 3 aliphatic heterocycles. The lowest BCUT2D eigenvalue weighted by molar-refractivity contribution is -0.138. The molecule has 5 rings (SSSR count). The maximum atomic E-state index is 12.1. The lowest BCUT2D eigenvalue weighted by Gasteiger charge is -2.49. The van der Waals surface area contributed by atoms with Crippen LogP contribution in [0.2, 0.25) is 0 Å². The maximum absolute atomic E-state index is 12.1. The Balaban J connectivity index is 0.00000192. The van der Waals surface area contributed by atoms with Crippen molar-refractivity contribution < 1.29 is 14.3 Å². The maximum Gasteiger partial charge on any atom is 0.262 e. The zero-order valence-electron chi connectivity index (χ0n) is 15.9. The topological polar surface area (TPSA) is 79.2 Å². The third-order valence-corrected chi connectivity index (χ3v) is 5.82. The quantitative estimate of drug-likeness (QED) is 0.785. The Morgan fingerprint density at radius 1 is 1.36 bits per heavy atom. The number of nitrogens with zero attached hydrogens (tertiary/aromatic N) is 4. The number of aromatic nitrogens is 1. The van der Waals surface area contributed by atoms with Gasteiger partial charge in [-0.3, -0.25) is 9.59 Å². The molecule has 1 fully saturated rings. The molecule has 8 nitrogen and oxygen atoms in total. The van der Waals surface area contributed by atoms with E-state index in [1.165, 1.54) is 0 Å². The smallest absolute Gasteiger partial charge is 0.262 e. The van der Waals surface area contributed by atoms with E-state index in [0.29, 0.717) is 25.5 Å². The summed E-state index contributed by atoms with van der Waals surface area (Å²) in [4.78, 5) is 27.5. The highest BCUT2D eigenvalue weighted by Crippen LogP contribution is 2.41. The van der Waals surface area contributed by atoms with E-state index < -0.39 is 0 Å². The average molecular weight is 404 g/mol. The molecule has 0 unspecified atom stereocenters. The first kappa shape index (κ1) is 18.6. The normalized spacial score (nSPS) is 22.2. The van der Waals surface area contributed by atoms with Gasteiger partial charge < -0.3 is 19.1 Å². The van der Waals surface area contributed by atoms with Gasteiger partial charge in [-0.15, -0.1) is 12.4 Å². The van der Waals surface area contributed by atoms with Crippen LogP contribution in [0.1, 0.15) is 20.8 Å². The second kappa shape index (κ2) is 6.13. The molecular formula is C19H22ClN5O3. The molecule has 2 amide bonds. The van der Waals surface area contributed by atoms with E-state index in [4.69, 9.17) is 4.74 Å². The van der Waals surface area contributed by atoms with Crippen LogP contribution < -0.4 is 15.1 Å². The predicted octanol–water partition coefficient (Wildman–Crippen LogP) is 1.67. The van der Waals surface area contributed by atoms with Crippen LogP contribution in [0.4, 0.5) is 5.69 Å². The van der Waals surface area contributed by atoms with Crippen molar-refractivity contribution in [3.05, 3.63) is 24.4 Å². The Hall–Kier alpha value is -2.74. The Morgan fingerprint density at radius 3 is 2.82 bits per heavy atom. The summed E-state index contributed by atoms with van der Waals surface area (Å²) in [5, 5.41) is 5.22. The third kappa shape index (κ3) is 2.47. The number of amides is 2. The number of hydrogen-bond acceptors (Lipinski definition) is 5. The van der Waals surface area contributed by atoms with Crippen molar-refractivity contribution in [2.24, 2.45) is 5.10 Å².